The molecule has 6 nitrogen and oxygen atoms in total. The fourth-order valence-electron chi connectivity index (χ4n) is 2.65. The minimum Gasteiger partial charge on any atom is -0.398 e. The van der Waals surface area contributed by atoms with Crippen molar-refractivity contribution in [3.05, 3.63) is 29.3 Å². The van der Waals surface area contributed by atoms with E-state index in [0.29, 0.717) is 17.8 Å². The van der Waals surface area contributed by atoms with Gasteiger partial charge in [0.1, 0.15) is 0 Å². The number of anilines is 1. The predicted molar refractivity (Wildman–Crippen MR) is 66.9 cm³/mol. The highest BCUT2D eigenvalue weighted by molar-refractivity contribution is 6.02. The molecular formula is C13H13N3O3. The standard InChI is InChI=1S/C13H13N3O3/c14-10-3-1-2-8-9(10)6-16(13(8)19)7-4-11(17)15-12(18)5-7/h1-3,7H,4-6,14H2,(H,15,17,18). The molecule has 0 aromatic heterocycles. The Morgan fingerprint density at radius 1 is 1.16 bits per heavy atom. The maximum absolute atomic E-state index is 12.3. The normalized spacial score (nSPS) is 19.6. The molecule has 1 aromatic carbocycles. The van der Waals surface area contributed by atoms with Crippen LogP contribution in [0.25, 0.3) is 0 Å². The van der Waals surface area contributed by atoms with E-state index >= 15 is 0 Å². The highest BCUT2D eigenvalue weighted by Gasteiger charge is 2.37. The van der Waals surface area contributed by atoms with Crippen molar-refractivity contribution >= 4 is 23.4 Å². The SMILES string of the molecule is Nc1cccc2c1CN(C1CC(=O)NC(=O)C1)C2=O. The molecule has 3 rings (SSSR count). The second-order valence-electron chi connectivity index (χ2n) is 4.84. The van der Waals surface area contributed by atoms with Crippen LogP contribution < -0.4 is 11.1 Å². The Labute approximate surface area is 109 Å². The number of hydrogen-bond acceptors (Lipinski definition) is 4. The minimum atomic E-state index is -0.374. The average molecular weight is 259 g/mol. The number of nitrogen functional groups attached to an aromatic ring is 1. The molecule has 2 heterocycles. The number of nitrogens with zero attached hydrogens (tertiary/aromatic N) is 1. The quantitative estimate of drug-likeness (QED) is 0.549. The lowest BCUT2D eigenvalue weighted by Gasteiger charge is -2.29. The van der Waals surface area contributed by atoms with Gasteiger partial charge in [-0.1, -0.05) is 6.07 Å². The number of piperidine rings is 1. The summed E-state index contributed by atoms with van der Waals surface area (Å²) in [7, 11) is 0. The Hall–Kier alpha value is -2.37. The maximum atomic E-state index is 12.3. The molecule has 2 aliphatic heterocycles. The molecule has 3 N–H and O–H groups in total. The van der Waals surface area contributed by atoms with Crippen LogP contribution in [0.15, 0.2) is 18.2 Å². The van der Waals surface area contributed by atoms with Crippen LogP contribution in [-0.4, -0.2) is 28.7 Å². The second kappa shape index (κ2) is 4.08. The van der Waals surface area contributed by atoms with Crippen molar-refractivity contribution in [3.63, 3.8) is 0 Å². The van der Waals surface area contributed by atoms with Crippen molar-refractivity contribution < 1.29 is 14.4 Å². The van der Waals surface area contributed by atoms with E-state index in [2.05, 4.69) is 5.32 Å². The van der Waals surface area contributed by atoms with Crippen molar-refractivity contribution in [1.82, 2.24) is 10.2 Å². The Bertz CT molecular complexity index is 581. The highest BCUT2D eigenvalue weighted by atomic mass is 16.2. The molecule has 98 valence electrons. The summed E-state index contributed by atoms with van der Waals surface area (Å²) in [6.07, 6.45) is 0.316. The number of amides is 3. The number of rotatable bonds is 1. The summed E-state index contributed by atoms with van der Waals surface area (Å²) in [6.45, 7) is 0.367. The van der Waals surface area contributed by atoms with E-state index in [4.69, 9.17) is 5.73 Å². The maximum Gasteiger partial charge on any atom is 0.254 e. The van der Waals surface area contributed by atoms with E-state index in [1.165, 1.54) is 0 Å². The van der Waals surface area contributed by atoms with Gasteiger partial charge in [-0.15, -0.1) is 0 Å². The molecule has 1 fully saturated rings. The number of nitrogens with two attached hydrogens (primary N) is 1. The van der Waals surface area contributed by atoms with E-state index in [-0.39, 0.29) is 36.6 Å². The summed E-state index contributed by atoms with van der Waals surface area (Å²) in [6, 6.07) is 4.82. The van der Waals surface area contributed by atoms with Crippen molar-refractivity contribution in [1.29, 1.82) is 0 Å². The third kappa shape index (κ3) is 1.85. The van der Waals surface area contributed by atoms with Crippen LogP contribution in [0, 0.1) is 0 Å². The van der Waals surface area contributed by atoms with Crippen LogP contribution in [0.1, 0.15) is 28.8 Å². The van der Waals surface area contributed by atoms with Gasteiger partial charge in [0.25, 0.3) is 5.91 Å². The van der Waals surface area contributed by atoms with Gasteiger partial charge in [-0.3, -0.25) is 19.7 Å². The van der Waals surface area contributed by atoms with E-state index in [9.17, 15) is 14.4 Å². The Morgan fingerprint density at radius 3 is 2.47 bits per heavy atom. The van der Waals surface area contributed by atoms with Gasteiger partial charge in [-0.05, 0) is 12.1 Å². The first kappa shape index (κ1) is 11.7. The number of hydrogen-bond donors (Lipinski definition) is 2. The molecule has 0 bridgehead atoms. The van der Waals surface area contributed by atoms with Gasteiger partial charge in [0, 0.05) is 42.2 Å². The third-order valence-electron chi connectivity index (χ3n) is 3.59. The molecule has 6 heteroatoms. The molecular weight excluding hydrogens is 246 g/mol. The molecule has 0 aliphatic carbocycles. The lowest BCUT2D eigenvalue weighted by molar-refractivity contribution is -0.135. The molecule has 1 aromatic rings. The predicted octanol–water partition coefficient (Wildman–Crippen LogP) is 0.0298. The lowest BCUT2D eigenvalue weighted by atomic mass is 10.0. The molecule has 3 amide bonds. The molecule has 19 heavy (non-hydrogen) atoms. The lowest BCUT2D eigenvalue weighted by Crippen LogP contribution is -2.48. The monoisotopic (exact) mass is 259 g/mol. The van der Waals surface area contributed by atoms with Crippen LogP contribution in [0.3, 0.4) is 0 Å². The number of carbonyl (C=O) groups is 3. The summed E-state index contributed by atoms with van der Waals surface area (Å²) in [5, 5.41) is 2.24. The summed E-state index contributed by atoms with van der Waals surface area (Å²) in [4.78, 5) is 36.6. The molecule has 2 aliphatic rings. The van der Waals surface area contributed by atoms with Gasteiger partial charge in [0.05, 0.1) is 0 Å². The molecule has 0 saturated carbocycles. The first-order valence-electron chi connectivity index (χ1n) is 6.07. The Kier molecular flexibility index (Phi) is 2.51. The molecule has 0 spiro atoms. The summed E-state index contributed by atoms with van der Waals surface area (Å²) in [5.74, 6) is -0.828. The van der Waals surface area contributed by atoms with Crippen LogP contribution in [0.4, 0.5) is 5.69 Å². The second-order valence-corrected chi connectivity index (χ2v) is 4.84. The Morgan fingerprint density at radius 2 is 1.84 bits per heavy atom. The average Bonchev–Trinajstić information content (AvgIpc) is 2.68. The number of fused-ring (bicyclic) bond motifs is 1. The zero-order chi connectivity index (χ0) is 13.6. The summed E-state index contributed by atoms with van der Waals surface area (Å²) >= 11 is 0. The smallest absolute Gasteiger partial charge is 0.254 e. The van der Waals surface area contributed by atoms with E-state index in [1.54, 1.807) is 23.1 Å². The van der Waals surface area contributed by atoms with Gasteiger partial charge >= 0.3 is 0 Å². The van der Waals surface area contributed by atoms with Crippen LogP contribution >= 0.6 is 0 Å². The fourth-order valence-corrected chi connectivity index (χ4v) is 2.65. The summed E-state index contributed by atoms with van der Waals surface area (Å²) < 4.78 is 0. The van der Waals surface area contributed by atoms with Crippen molar-refractivity contribution in [2.24, 2.45) is 0 Å². The van der Waals surface area contributed by atoms with E-state index in [0.717, 1.165) is 5.56 Å². The van der Waals surface area contributed by atoms with Crippen LogP contribution in [-0.2, 0) is 16.1 Å². The molecule has 1 saturated heterocycles. The summed E-state index contributed by atoms with van der Waals surface area (Å²) in [5.41, 5.74) is 7.78. The molecule has 0 unspecified atom stereocenters. The molecule has 0 atom stereocenters. The minimum absolute atomic E-state index is 0.158. The van der Waals surface area contributed by atoms with Crippen LogP contribution in [0.2, 0.25) is 0 Å². The first-order valence-corrected chi connectivity index (χ1v) is 6.07. The first-order chi connectivity index (χ1) is 9.06. The third-order valence-corrected chi connectivity index (χ3v) is 3.59. The highest BCUT2D eigenvalue weighted by Crippen LogP contribution is 2.31. The van der Waals surface area contributed by atoms with E-state index in [1.807, 2.05) is 0 Å². The zero-order valence-corrected chi connectivity index (χ0v) is 10.2. The van der Waals surface area contributed by atoms with E-state index < -0.39 is 0 Å². The molecule has 0 radical (unpaired) electrons. The number of nitrogens with one attached hydrogen (secondary N) is 1. The van der Waals surface area contributed by atoms with Gasteiger partial charge in [-0.2, -0.15) is 0 Å². The largest absolute Gasteiger partial charge is 0.398 e. The number of imide groups is 1. The topological polar surface area (TPSA) is 92.5 Å². The Balaban J connectivity index is 1.89. The zero-order valence-electron chi connectivity index (χ0n) is 10.2. The van der Waals surface area contributed by atoms with Gasteiger partial charge in [0.15, 0.2) is 0 Å². The van der Waals surface area contributed by atoms with Crippen LogP contribution in [0.5, 0.6) is 0 Å². The number of carbonyl (C=O) groups excluding carboxylic acids is 3. The van der Waals surface area contributed by atoms with Gasteiger partial charge in [-0.25, -0.2) is 0 Å². The fraction of sp³-hybridized carbons (Fsp3) is 0.308. The van der Waals surface area contributed by atoms with Gasteiger partial charge in [0.2, 0.25) is 11.8 Å². The van der Waals surface area contributed by atoms with Crippen molar-refractivity contribution in [2.45, 2.75) is 25.4 Å². The number of benzene rings is 1. The van der Waals surface area contributed by atoms with Gasteiger partial charge < -0.3 is 10.6 Å². The van der Waals surface area contributed by atoms with Crippen molar-refractivity contribution in [2.75, 3.05) is 5.73 Å². The van der Waals surface area contributed by atoms with Crippen molar-refractivity contribution in [3.8, 4) is 0 Å².